The summed E-state index contributed by atoms with van der Waals surface area (Å²) >= 11 is 0. The van der Waals surface area contributed by atoms with Gasteiger partial charge in [-0.25, -0.2) is 14.5 Å². The van der Waals surface area contributed by atoms with Crippen LogP contribution in [0.1, 0.15) is 44.2 Å². The van der Waals surface area contributed by atoms with Crippen LogP contribution in [0.4, 0.5) is 11.5 Å². The third kappa shape index (κ3) is 2.78. The van der Waals surface area contributed by atoms with Crippen molar-refractivity contribution >= 4 is 17.2 Å². The largest absolute Gasteiger partial charge is 0.334 e. The van der Waals surface area contributed by atoms with Gasteiger partial charge in [-0.15, -0.1) is 0 Å². The Hall–Kier alpha value is -2.44. The Labute approximate surface area is 134 Å². The van der Waals surface area contributed by atoms with Gasteiger partial charge in [0.25, 0.3) is 0 Å². The quantitative estimate of drug-likeness (QED) is 0.805. The minimum atomic E-state index is 0.509. The van der Waals surface area contributed by atoms with Crippen molar-refractivity contribution in [3.8, 4) is 0 Å². The lowest BCUT2D eigenvalue weighted by molar-refractivity contribution is 0.343. The van der Waals surface area contributed by atoms with E-state index >= 15 is 0 Å². The zero-order valence-corrected chi connectivity index (χ0v) is 13.5. The van der Waals surface area contributed by atoms with Crippen molar-refractivity contribution in [2.75, 3.05) is 5.32 Å². The van der Waals surface area contributed by atoms with Crippen LogP contribution in [-0.4, -0.2) is 29.4 Å². The molecule has 1 fully saturated rings. The van der Waals surface area contributed by atoms with Crippen molar-refractivity contribution in [3.63, 3.8) is 0 Å². The van der Waals surface area contributed by atoms with Crippen LogP contribution >= 0.6 is 0 Å². The third-order valence-electron chi connectivity index (χ3n) is 4.68. The molecule has 0 aliphatic heterocycles. The fraction of sp³-hybridized carbons (Fsp3) is 0.500. The molecule has 0 bridgehead atoms. The molecule has 4 rings (SSSR count). The molecule has 0 radical (unpaired) electrons. The van der Waals surface area contributed by atoms with Gasteiger partial charge in [0.05, 0.1) is 23.8 Å². The van der Waals surface area contributed by atoms with Crippen LogP contribution in [0.5, 0.6) is 0 Å². The smallest absolute Gasteiger partial charge is 0.198 e. The fourth-order valence-corrected chi connectivity index (χ4v) is 3.31. The fourth-order valence-electron chi connectivity index (χ4n) is 3.31. The van der Waals surface area contributed by atoms with Crippen LogP contribution in [0.2, 0.25) is 0 Å². The molecule has 1 N–H and O–H groups in total. The van der Waals surface area contributed by atoms with Crippen molar-refractivity contribution in [1.29, 1.82) is 0 Å². The minimum Gasteiger partial charge on any atom is -0.334 e. The summed E-state index contributed by atoms with van der Waals surface area (Å²) in [6.45, 7) is 2.33. The first-order valence-electron chi connectivity index (χ1n) is 8.15. The van der Waals surface area contributed by atoms with Crippen molar-refractivity contribution in [3.05, 3.63) is 30.6 Å². The average Bonchev–Trinajstić information content (AvgIpc) is 3.17. The van der Waals surface area contributed by atoms with E-state index in [1.54, 1.807) is 17.2 Å². The lowest BCUT2D eigenvalue weighted by Crippen LogP contribution is -2.14. The second kappa shape index (κ2) is 5.64. The second-order valence-corrected chi connectivity index (χ2v) is 6.53. The summed E-state index contributed by atoms with van der Waals surface area (Å²) in [6, 6.07) is 0. The van der Waals surface area contributed by atoms with Crippen LogP contribution in [0, 0.1) is 5.92 Å². The Morgan fingerprint density at radius 2 is 1.96 bits per heavy atom. The predicted octanol–water partition coefficient (Wildman–Crippen LogP) is 2.90. The lowest BCUT2D eigenvalue weighted by Gasteiger charge is -2.25. The lowest BCUT2D eigenvalue weighted by atomic mass is 9.81. The van der Waals surface area contributed by atoms with Crippen molar-refractivity contribution < 1.29 is 0 Å². The number of aryl methyl sites for hydroxylation is 1. The molecule has 7 nitrogen and oxygen atoms in total. The Bertz CT molecular complexity index is 811. The van der Waals surface area contributed by atoms with Gasteiger partial charge in [-0.1, -0.05) is 19.8 Å². The number of nitrogens with one attached hydrogen (secondary N) is 1. The van der Waals surface area contributed by atoms with Crippen LogP contribution in [0.15, 0.2) is 24.9 Å². The highest BCUT2D eigenvalue weighted by Crippen LogP contribution is 2.35. The summed E-state index contributed by atoms with van der Waals surface area (Å²) in [5.74, 6) is 2.08. The van der Waals surface area contributed by atoms with E-state index in [4.69, 9.17) is 4.98 Å². The maximum atomic E-state index is 4.85. The molecule has 3 aromatic rings. The van der Waals surface area contributed by atoms with E-state index in [1.165, 1.54) is 25.7 Å². The number of nitrogens with zero attached hydrogens (tertiary/aromatic N) is 6. The highest BCUT2D eigenvalue weighted by molar-refractivity contribution is 5.68. The van der Waals surface area contributed by atoms with E-state index < -0.39 is 0 Å². The molecule has 1 saturated carbocycles. The molecular weight excluding hydrogens is 290 g/mol. The minimum absolute atomic E-state index is 0.509. The summed E-state index contributed by atoms with van der Waals surface area (Å²) in [4.78, 5) is 9.17. The van der Waals surface area contributed by atoms with Gasteiger partial charge in [0.2, 0.25) is 0 Å². The molecule has 7 heteroatoms. The van der Waals surface area contributed by atoms with Gasteiger partial charge in [-0.3, -0.25) is 4.68 Å². The van der Waals surface area contributed by atoms with Gasteiger partial charge in [0.15, 0.2) is 11.5 Å². The maximum absolute atomic E-state index is 4.85. The van der Waals surface area contributed by atoms with E-state index in [0.717, 1.165) is 28.8 Å². The highest BCUT2D eigenvalue weighted by Gasteiger charge is 2.22. The van der Waals surface area contributed by atoms with Gasteiger partial charge < -0.3 is 5.32 Å². The Kier molecular flexibility index (Phi) is 3.48. The molecule has 1 aliphatic rings. The molecule has 1 aliphatic carbocycles. The van der Waals surface area contributed by atoms with Gasteiger partial charge in [-0.2, -0.15) is 10.2 Å². The topological polar surface area (TPSA) is 72.9 Å². The number of anilines is 2. The normalized spacial score (nSPS) is 21.7. The monoisotopic (exact) mass is 311 g/mol. The number of hydrogen-bond acceptors (Lipinski definition) is 5. The predicted molar refractivity (Wildman–Crippen MR) is 87.6 cm³/mol. The van der Waals surface area contributed by atoms with Crippen molar-refractivity contribution in [2.45, 2.75) is 38.5 Å². The zero-order valence-electron chi connectivity index (χ0n) is 13.5. The van der Waals surface area contributed by atoms with Gasteiger partial charge in [0, 0.05) is 19.2 Å². The van der Waals surface area contributed by atoms with E-state index in [-0.39, 0.29) is 0 Å². The number of hydrogen-bond donors (Lipinski definition) is 1. The van der Waals surface area contributed by atoms with E-state index in [2.05, 4.69) is 27.4 Å². The number of fused-ring (bicyclic) bond motifs is 1. The molecule has 120 valence electrons. The van der Waals surface area contributed by atoms with E-state index in [9.17, 15) is 0 Å². The van der Waals surface area contributed by atoms with Crippen LogP contribution in [0.25, 0.3) is 5.65 Å². The molecule has 3 aromatic heterocycles. The molecule has 0 saturated heterocycles. The summed E-state index contributed by atoms with van der Waals surface area (Å²) in [6.07, 6.45) is 12.2. The van der Waals surface area contributed by atoms with Crippen LogP contribution in [-0.2, 0) is 7.05 Å². The molecule has 3 heterocycles. The first kappa shape index (κ1) is 14.2. The highest BCUT2D eigenvalue weighted by atomic mass is 15.3. The van der Waals surface area contributed by atoms with Crippen LogP contribution < -0.4 is 5.32 Å². The van der Waals surface area contributed by atoms with Gasteiger partial charge in [0.1, 0.15) is 6.33 Å². The van der Waals surface area contributed by atoms with Gasteiger partial charge >= 0.3 is 0 Å². The van der Waals surface area contributed by atoms with E-state index in [1.807, 2.05) is 24.0 Å². The molecule has 0 atom stereocenters. The maximum Gasteiger partial charge on any atom is 0.198 e. The summed E-state index contributed by atoms with van der Waals surface area (Å²) in [5.41, 5.74) is 2.74. The molecular formula is C16H21N7. The Morgan fingerprint density at radius 1 is 1.13 bits per heavy atom. The molecule has 0 amide bonds. The van der Waals surface area contributed by atoms with Crippen molar-refractivity contribution in [1.82, 2.24) is 29.4 Å². The Morgan fingerprint density at radius 3 is 2.70 bits per heavy atom. The zero-order chi connectivity index (χ0) is 15.8. The SMILES string of the molecule is Cn1cc(Nc2nc([C@H]3CC[C@H](C)CC3)cn3ncnc23)cn1. The third-order valence-corrected chi connectivity index (χ3v) is 4.68. The van der Waals surface area contributed by atoms with E-state index in [0.29, 0.717) is 5.92 Å². The molecule has 0 unspecified atom stereocenters. The summed E-state index contributed by atoms with van der Waals surface area (Å²) in [5, 5.41) is 11.8. The number of rotatable bonds is 3. The second-order valence-electron chi connectivity index (χ2n) is 6.53. The Balaban J connectivity index is 1.69. The molecule has 0 spiro atoms. The van der Waals surface area contributed by atoms with Gasteiger partial charge in [-0.05, 0) is 18.8 Å². The average molecular weight is 311 g/mol. The molecule has 0 aromatic carbocycles. The summed E-state index contributed by atoms with van der Waals surface area (Å²) in [7, 11) is 1.89. The van der Waals surface area contributed by atoms with Crippen molar-refractivity contribution in [2.24, 2.45) is 13.0 Å². The first-order chi connectivity index (χ1) is 11.2. The standard InChI is InChI=1S/C16H21N7/c1-11-3-5-12(6-4-11)14-9-23-16(17-10-19-23)15(21-14)20-13-7-18-22(2)8-13/h7-12H,3-6H2,1-2H3,(H,20,21)/t11-,12-. The number of aromatic nitrogens is 6. The first-order valence-corrected chi connectivity index (χ1v) is 8.15. The summed E-state index contributed by atoms with van der Waals surface area (Å²) < 4.78 is 3.58. The molecule has 23 heavy (non-hydrogen) atoms. The van der Waals surface area contributed by atoms with Crippen LogP contribution in [0.3, 0.4) is 0 Å².